The Bertz CT molecular complexity index is 962. The zero-order valence-electron chi connectivity index (χ0n) is 16.1. The molecule has 1 aliphatic heterocycles. The number of amides is 3. The average Bonchev–Trinajstić information content (AvgIpc) is 3.01. The third-order valence-electron chi connectivity index (χ3n) is 4.29. The summed E-state index contributed by atoms with van der Waals surface area (Å²) in [5.74, 6) is -1.45. The number of hydrogen-bond donors (Lipinski definition) is 1. The normalized spacial score (nSPS) is 15.9. The molecule has 7 nitrogen and oxygen atoms in total. The molecule has 2 aromatic rings. The van der Waals surface area contributed by atoms with E-state index in [9.17, 15) is 19.2 Å². The van der Waals surface area contributed by atoms with Gasteiger partial charge < -0.3 is 10.1 Å². The predicted molar refractivity (Wildman–Crippen MR) is 116 cm³/mol. The number of carbonyl (C=O) groups excluding carboxylic acids is 4. The van der Waals surface area contributed by atoms with Crippen molar-refractivity contribution in [2.75, 3.05) is 22.6 Å². The lowest BCUT2D eigenvalue weighted by Gasteiger charge is -2.15. The Morgan fingerprint density at radius 3 is 2.43 bits per heavy atom. The molecule has 0 aliphatic carbocycles. The zero-order chi connectivity index (χ0) is 21.7. The molecule has 0 saturated carbocycles. The van der Waals surface area contributed by atoms with Gasteiger partial charge in [0.15, 0.2) is 0 Å². The van der Waals surface area contributed by atoms with E-state index in [0.717, 1.165) is 16.7 Å². The van der Waals surface area contributed by atoms with Gasteiger partial charge in [-0.05, 0) is 55.5 Å². The van der Waals surface area contributed by atoms with E-state index in [1.807, 2.05) is 0 Å². The van der Waals surface area contributed by atoms with E-state index in [1.165, 1.54) is 24.3 Å². The minimum absolute atomic E-state index is 0.0113. The van der Waals surface area contributed by atoms with E-state index in [1.54, 1.807) is 31.2 Å². The lowest BCUT2D eigenvalue weighted by molar-refractivity contribution is -0.121. The zero-order valence-corrected chi connectivity index (χ0v) is 17.7. The van der Waals surface area contributed by atoms with Gasteiger partial charge in [0.25, 0.3) is 0 Å². The summed E-state index contributed by atoms with van der Waals surface area (Å²) >= 11 is 6.93. The number of ether oxygens (including phenoxy) is 1. The molecular formula is C21H19ClN2O5S. The Balaban J connectivity index is 1.58. The fraction of sp³-hybridized carbons (Fsp3) is 0.238. The van der Waals surface area contributed by atoms with Gasteiger partial charge in [-0.15, -0.1) is 11.8 Å². The molecule has 3 amide bonds. The van der Waals surface area contributed by atoms with E-state index in [0.29, 0.717) is 22.0 Å². The topological polar surface area (TPSA) is 92.8 Å². The van der Waals surface area contributed by atoms with Gasteiger partial charge >= 0.3 is 5.97 Å². The molecule has 0 aromatic heterocycles. The van der Waals surface area contributed by atoms with Crippen molar-refractivity contribution in [3.05, 3.63) is 59.1 Å². The van der Waals surface area contributed by atoms with Crippen molar-refractivity contribution in [2.24, 2.45) is 0 Å². The first-order chi connectivity index (χ1) is 14.4. The van der Waals surface area contributed by atoms with Crippen molar-refractivity contribution in [1.82, 2.24) is 0 Å². The molecule has 0 bridgehead atoms. The summed E-state index contributed by atoms with van der Waals surface area (Å²) in [5, 5.41) is 2.64. The van der Waals surface area contributed by atoms with E-state index >= 15 is 0 Å². The van der Waals surface area contributed by atoms with Crippen LogP contribution in [0.3, 0.4) is 0 Å². The van der Waals surface area contributed by atoms with Crippen LogP contribution in [0.2, 0.25) is 5.02 Å². The number of carbonyl (C=O) groups is 4. The number of halogens is 1. The molecule has 1 aliphatic rings. The van der Waals surface area contributed by atoms with Crippen LogP contribution in [0.4, 0.5) is 11.4 Å². The van der Waals surface area contributed by atoms with Crippen molar-refractivity contribution in [1.29, 1.82) is 0 Å². The van der Waals surface area contributed by atoms with Crippen LogP contribution in [0, 0.1) is 0 Å². The van der Waals surface area contributed by atoms with Crippen LogP contribution >= 0.6 is 23.4 Å². The number of imide groups is 1. The smallest absolute Gasteiger partial charge is 0.338 e. The highest BCUT2D eigenvalue weighted by Gasteiger charge is 2.40. The Labute approximate surface area is 182 Å². The minimum atomic E-state index is -0.641. The van der Waals surface area contributed by atoms with Crippen molar-refractivity contribution in [3.8, 4) is 0 Å². The summed E-state index contributed by atoms with van der Waals surface area (Å²) in [7, 11) is 0. The maximum Gasteiger partial charge on any atom is 0.338 e. The molecule has 1 saturated heterocycles. The number of rotatable bonds is 7. The summed E-state index contributed by atoms with van der Waals surface area (Å²) in [6.07, 6.45) is 0.0113. The Morgan fingerprint density at radius 2 is 1.80 bits per heavy atom. The Hall–Kier alpha value is -2.84. The molecule has 156 valence electrons. The molecule has 1 fully saturated rings. The lowest BCUT2D eigenvalue weighted by Crippen LogP contribution is -2.31. The SMILES string of the molecule is CCOC(=O)c1ccc(N2C(=O)C[C@@H](SCC(=O)Nc3ccc(Cl)cc3)C2=O)cc1. The van der Waals surface area contributed by atoms with Crippen LogP contribution in [0.15, 0.2) is 48.5 Å². The molecule has 0 unspecified atom stereocenters. The first-order valence-electron chi connectivity index (χ1n) is 9.20. The van der Waals surface area contributed by atoms with Gasteiger partial charge in [0, 0.05) is 17.1 Å². The molecule has 1 N–H and O–H groups in total. The molecule has 2 aromatic carbocycles. The first kappa shape index (κ1) is 21.9. The number of esters is 1. The van der Waals surface area contributed by atoms with Gasteiger partial charge in [0.05, 0.1) is 28.9 Å². The van der Waals surface area contributed by atoms with E-state index in [2.05, 4.69) is 5.32 Å². The second-order valence-corrected chi connectivity index (χ2v) is 8.02. The standard InChI is InChI=1S/C21H19ClN2O5S/c1-2-29-21(28)13-3-9-16(10-4-13)24-19(26)11-17(20(24)27)30-12-18(25)23-15-7-5-14(22)6-8-15/h3-10,17H,2,11-12H2,1H3,(H,23,25)/t17-/m1/s1. The van der Waals surface area contributed by atoms with Crippen molar-refractivity contribution >= 4 is 58.4 Å². The van der Waals surface area contributed by atoms with Gasteiger partial charge in [0.1, 0.15) is 0 Å². The summed E-state index contributed by atoms with van der Waals surface area (Å²) < 4.78 is 4.92. The van der Waals surface area contributed by atoms with Crippen LogP contribution in [0.5, 0.6) is 0 Å². The second kappa shape index (κ2) is 9.77. The first-order valence-corrected chi connectivity index (χ1v) is 10.6. The van der Waals surface area contributed by atoms with E-state index in [-0.39, 0.29) is 36.5 Å². The van der Waals surface area contributed by atoms with Gasteiger partial charge in [-0.2, -0.15) is 0 Å². The fourth-order valence-electron chi connectivity index (χ4n) is 2.87. The number of nitrogens with zero attached hydrogens (tertiary/aromatic N) is 1. The van der Waals surface area contributed by atoms with Crippen LogP contribution in [0.25, 0.3) is 0 Å². The van der Waals surface area contributed by atoms with Gasteiger partial charge in [-0.1, -0.05) is 11.6 Å². The summed E-state index contributed by atoms with van der Waals surface area (Å²) in [4.78, 5) is 50.0. The highest BCUT2D eigenvalue weighted by Crippen LogP contribution is 2.30. The van der Waals surface area contributed by atoms with Crippen LogP contribution in [-0.4, -0.2) is 41.3 Å². The van der Waals surface area contributed by atoms with Crippen LogP contribution in [0.1, 0.15) is 23.7 Å². The third-order valence-corrected chi connectivity index (χ3v) is 5.74. The average molecular weight is 447 g/mol. The predicted octanol–water partition coefficient (Wildman–Crippen LogP) is 3.52. The van der Waals surface area contributed by atoms with E-state index in [4.69, 9.17) is 16.3 Å². The number of thioether (sulfide) groups is 1. The van der Waals surface area contributed by atoms with Gasteiger partial charge in [0.2, 0.25) is 17.7 Å². The summed E-state index contributed by atoms with van der Waals surface area (Å²) in [6, 6.07) is 12.8. The second-order valence-electron chi connectivity index (χ2n) is 6.39. The molecule has 1 atom stereocenters. The molecule has 0 spiro atoms. The molecule has 3 rings (SSSR count). The molecule has 9 heteroatoms. The fourth-order valence-corrected chi connectivity index (χ4v) is 3.93. The highest BCUT2D eigenvalue weighted by molar-refractivity contribution is 8.01. The Morgan fingerprint density at radius 1 is 1.13 bits per heavy atom. The van der Waals surface area contributed by atoms with Crippen LogP contribution < -0.4 is 10.2 Å². The van der Waals surface area contributed by atoms with Gasteiger partial charge in [-0.25, -0.2) is 9.69 Å². The largest absolute Gasteiger partial charge is 0.462 e. The van der Waals surface area contributed by atoms with Gasteiger partial charge in [-0.3, -0.25) is 14.4 Å². The van der Waals surface area contributed by atoms with Crippen molar-refractivity contribution in [2.45, 2.75) is 18.6 Å². The van der Waals surface area contributed by atoms with Crippen molar-refractivity contribution < 1.29 is 23.9 Å². The minimum Gasteiger partial charge on any atom is -0.462 e. The highest BCUT2D eigenvalue weighted by atomic mass is 35.5. The van der Waals surface area contributed by atoms with E-state index < -0.39 is 11.2 Å². The van der Waals surface area contributed by atoms with Crippen LogP contribution in [-0.2, 0) is 19.1 Å². The summed E-state index contributed by atoms with van der Waals surface area (Å²) in [5.41, 5.74) is 1.32. The maximum atomic E-state index is 12.7. The number of anilines is 2. The molecule has 30 heavy (non-hydrogen) atoms. The summed E-state index contributed by atoms with van der Waals surface area (Å²) in [6.45, 7) is 1.97. The molecule has 0 radical (unpaired) electrons. The molecule has 1 heterocycles. The number of benzene rings is 2. The van der Waals surface area contributed by atoms with Crippen molar-refractivity contribution in [3.63, 3.8) is 0 Å². The quantitative estimate of drug-likeness (QED) is 0.516. The lowest BCUT2D eigenvalue weighted by atomic mass is 10.2. The maximum absolute atomic E-state index is 12.7. The monoisotopic (exact) mass is 446 g/mol. The number of nitrogens with one attached hydrogen (secondary N) is 1. The third kappa shape index (κ3) is 5.20. The molecular weight excluding hydrogens is 428 g/mol. The number of hydrogen-bond acceptors (Lipinski definition) is 6. The Kier molecular flexibility index (Phi) is 7.12.